The molecule has 1 rings (SSSR count). The highest BCUT2D eigenvalue weighted by Gasteiger charge is 2.01. The molecule has 1 amide bonds. The van der Waals surface area contributed by atoms with E-state index in [-0.39, 0.29) is 12.0 Å². The maximum Gasteiger partial charge on any atom is 0.220 e. The van der Waals surface area contributed by atoms with Gasteiger partial charge in [-0.2, -0.15) is 0 Å². The zero-order chi connectivity index (χ0) is 13.2. The van der Waals surface area contributed by atoms with Gasteiger partial charge < -0.3 is 15.7 Å². The third kappa shape index (κ3) is 6.98. The second-order valence-corrected chi connectivity index (χ2v) is 4.26. The van der Waals surface area contributed by atoms with E-state index >= 15 is 0 Å². The number of pyridine rings is 1. The van der Waals surface area contributed by atoms with Gasteiger partial charge in [0.15, 0.2) is 0 Å². The molecule has 1 heterocycles. The second-order valence-electron chi connectivity index (χ2n) is 4.26. The lowest BCUT2D eigenvalue weighted by Crippen LogP contribution is -2.34. The molecule has 1 aromatic heterocycles. The molecular formula is C13H21N3O2. The first-order chi connectivity index (χ1) is 8.68. The number of aliphatic hydroxyl groups excluding tert-OH is 1. The number of carbonyl (C=O) groups excluding carboxylic acids is 1. The lowest BCUT2D eigenvalue weighted by atomic mass is 10.1. The van der Waals surface area contributed by atoms with Crippen LogP contribution in [0.5, 0.6) is 0 Å². The first kappa shape index (κ1) is 14.6. The number of rotatable bonds is 8. The molecule has 0 aliphatic heterocycles. The van der Waals surface area contributed by atoms with Crippen LogP contribution in [0.15, 0.2) is 24.5 Å². The molecule has 0 aromatic carbocycles. The maximum atomic E-state index is 11.5. The van der Waals surface area contributed by atoms with Gasteiger partial charge in [0, 0.05) is 38.4 Å². The molecule has 5 heteroatoms. The minimum Gasteiger partial charge on any atom is -0.392 e. The van der Waals surface area contributed by atoms with E-state index in [1.807, 2.05) is 12.1 Å². The highest BCUT2D eigenvalue weighted by Crippen LogP contribution is 2.00. The van der Waals surface area contributed by atoms with E-state index in [0.717, 1.165) is 12.0 Å². The van der Waals surface area contributed by atoms with Crippen LogP contribution in [0, 0.1) is 0 Å². The third-order valence-electron chi connectivity index (χ3n) is 2.45. The van der Waals surface area contributed by atoms with E-state index in [1.54, 1.807) is 19.3 Å². The van der Waals surface area contributed by atoms with E-state index in [9.17, 15) is 4.79 Å². The molecule has 1 atom stereocenters. The molecule has 0 bridgehead atoms. The number of aliphatic hydroxyl groups is 1. The van der Waals surface area contributed by atoms with Gasteiger partial charge in [0.05, 0.1) is 6.10 Å². The van der Waals surface area contributed by atoms with E-state index in [0.29, 0.717) is 26.1 Å². The van der Waals surface area contributed by atoms with E-state index in [4.69, 9.17) is 5.11 Å². The fourth-order valence-electron chi connectivity index (χ4n) is 1.50. The Morgan fingerprint density at radius 3 is 2.78 bits per heavy atom. The Labute approximate surface area is 108 Å². The number of hydrogen-bond donors (Lipinski definition) is 3. The van der Waals surface area contributed by atoms with Crippen LogP contribution < -0.4 is 10.6 Å². The van der Waals surface area contributed by atoms with Crippen molar-refractivity contribution in [2.45, 2.75) is 25.9 Å². The summed E-state index contributed by atoms with van der Waals surface area (Å²) in [6.07, 6.45) is 4.32. The van der Waals surface area contributed by atoms with E-state index in [1.165, 1.54) is 0 Å². The quantitative estimate of drug-likeness (QED) is 0.573. The van der Waals surface area contributed by atoms with Gasteiger partial charge in [0.1, 0.15) is 0 Å². The predicted octanol–water partition coefficient (Wildman–Crippen LogP) is 0.101. The molecular weight excluding hydrogens is 230 g/mol. The summed E-state index contributed by atoms with van der Waals surface area (Å²) >= 11 is 0. The third-order valence-corrected chi connectivity index (χ3v) is 2.45. The van der Waals surface area contributed by atoms with E-state index in [2.05, 4.69) is 15.6 Å². The van der Waals surface area contributed by atoms with Gasteiger partial charge >= 0.3 is 0 Å². The highest BCUT2D eigenvalue weighted by molar-refractivity contribution is 5.76. The van der Waals surface area contributed by atoms with Crippen molar-refractivity contribution in [3.8, 4) is 0 Å². The van der Waals surface area contributed by atoms with Gasteiger partial charge in [-0.25, -0.2) is 0 Å². The smallest absolute Gasteiger partial charge is 0.220 e. The summed E-state index contributed by atoms with van der Waals surface area (Å²) in [6.45, 7) is 3.53. The molecule has 1 aromatic rings. The van der Waals surface area contributed by atoms with Gasteiger partial charge in [-0.05, 0) is 31.0 Å². The summed E-state index contributed by atoms with van der Waals surface area (Å²) in [5, 5.41) is 14.9. The normalized spacial score (nSPS) is 12.1. The van der Waals surface area contributed by atoms with Crippen molar-refractivity contribution >= 4 is 5.91 Å². The molecule has 18 heavy (non-hydrogen) atoms. The molecule has 0 spiro atoms. The SMILES string of the molecule is CC(O)CNCCNC(=O)CCc1ccncc1. The topological polar surface area (TPSA) is 74.2 Å². The van der Waals surface area contributed by atoms with Crippen LogP contribution in [0.2, 0.25) is 0 Å². The zero-order valence-electron chi connectivity index (χ0n) is 10.7. The summed E-state index contributed by atoms with van der Waals surface area (Å²) in [7, 11) is 0. The maximum absolute atomic E-state index is 11.5. The van der Waals surface area contributed by atoms with E-state index < -0.39 is 0 Å². The lowest BCUT2D eigenvalue weighted by Gasteiger charge is -2.08. The van der Waals surface area contributed by atoms with Gasteiger partial charge in [-0.1, -0.05) is 0 Å². The summed E-state index contributed by atoms with van der Waals surface area (Å²) < 4.78 is 0. The van der Waals surface area contributed by atoms with Crippen molar-refractivity contribution in [2.75, 3.05) is 19.6 Å². The molecule has 0 saturated carbocycles. The molecule has 0 fully saturated rings. The molecule has 0 radical (unpaired) electrons. The molecule has 0 aliphatic carbocycles. The second kappa shape index (κ2) is 8.60. The van der Waals surface area contributed by atoms with Crippen LogP contribution in [0.3, 0.4) is 0 Å². The number of nitrogens with one attached hydrogen (secondary N) is 2. The summed E-state index contributed by atoms with van der Waals surface area (Å²) in [5.41, 5.74) is 1.12. The first-order valence-electron chi connectivity index (χ1n) is 6.23. The van der Waals surface area contributed by atoms with Gasteiger partial charge in [-0.3, -0.25) is 9.78 Å². The first-order valence-corrected chi connectivity index (χ1v) is 6.23. The fourth-order valence-corrected chi connectivity index (χ4v) is 1.50. The largest absolute Gasteiger partial charge is 0.392 e. The number of nitrogens with zero attached hydrogens (tertiary/aromatic N) is 1. The Morgan fingerprint density at radius 2 is 2.11 bits per heavy atom. The Hall–Kier alpha value is -1.46. The number of aromatic nitrogens is 1. The molecule has 0 saturated heterocycles. The number of hydrogen-bond acceptors (Lipinski definition) is 4. The Morgan fingerprint density at radius 1 is 1.39 bits per heavy atom. The van der Waals surface area contributed by atoms with Crippen molar-refractivity contribution < 1.29 is 9.90 Å². The average molecular weight is 251 g/mol. The van der Waals surface area contributed by atoms with Gasteiger partial charge in [0.25, 0.3) is 0 Å². The van der Waals surface area contributed by atoms with Crippen LogP contribution in [0.25, 0.3) is 0 Å². The zero-order valence-corrected chi connectivity index (χ0v) is 10.7. The lowest BCUT2D eigenvalue weighted by molar-refractivity contribution is -0.121. The Balaban J connectivity index is 2.04. The van der Waals surface area contributed by atoms with Gasteiger partial charge in [-0.15, -0.1) is 0 Å². The Kier molecular flexibility index (Phi) is 6.98. The summed E-state index contributed by atoms with van der Waals surface area (Å²) in [5.74, 6) is 0.0469. The van der Waals surface area contributed by atoms with Crippen molar-refractivity contribution in [3.05, 3.63) is 30.1 Å². The van der Waals surface area contributed by atoms with Crippen LogP contribution in [-0.2, 0) is 11.2 Å². The summed E-state index contributed by atoms with van der Waals surface area (Å²) in [4.78, 5) is 15.4. The molecule has 5 nitrogen and oxygen atoms in total. The monoisotopic (exact) mass is 251 g/mol. The Bertz CT molecular complexity index is 341. The highest BCUT2D eigenvalue weighted by atomic mass is 16.3. The predicted molar refractivity (Wildman–Crippen MR) is 70.1 cm³/mol. The number of carbonyl (C=O) groups is 1. The molecule has 100 valence electrons. The van der Waals surface area contributed by atoms with Crippen molar-refractivity contribution in [1.82, 2.24) is 15.6 Å². The van der Waals surface area contributed by atoms with Crippen molar-refractivity contribution in [1.29, 1.82) is 0 Å². The minimum absolute atomic E-state index is 0.0469. The van der Waals surface area contributed by atoms with Crippen LogP contribution in [0.4, 0.5) is 0 Å². The van der Waals surface area contributed by atoms with Crippen LogP contribution >= 0.6 is 0 Å². The van der Waals surface area contributed by atoms with Crippen LogP contribution in [-0.4, -0.2) is 41.7 Å². The number of amides is 1. The average Bonchev–Trinajstić information content (AvgIpc) is 2.37. The summed E-state index contributed by atoms with van der Waals surface area (Å²) in [6, 6.07) is 3.83. The number of aryl methyl sites for hydroxylation is 1. The van der Waals surface area contributed by atoms with Crippen molar-refractivity contribution in [2.24, 2.45) is 0 Å². The minimum atomic E-state index is -0.354. The molecule has 3 N–H and O–H groups in total. The molecule has 1 unspecified atom stereocenters. The van der Waals surface area contributed by atoms with Gasteiger partial charge in [0.2, 0.25) is 5.91 Å². The molecule has 0 aliphatic rings. The standard InChI is InChI=1S/C13H21N3O2/c1-11(17)10-15-8-9-16-13(18)3-2-12-4-6-14-7-5-12/h4-7,11,15,17H,2-3,8-10H2,1H3,(H,16,18). The fraction of sp³-hybridized carbons (Fsp3) is 0.538. The van der Waals surface area contributed by atoms with Crippen molar-refractivity contribution in [3.63, 3.8) is 0 Å². The van der Waals surface area contributed by atoms with Crippen LogP contribution in [0.1, 0.15) is 18.9 Å².